The number of amides is 4. The number of urea groups is 1. The summed E-state index contributed by atoms with van der Waals surface area (Å²) < 4.78 is 16.9. The first-order valence-corrected chi connectivity index (χ1v) is 12.0. The van der Waals surface area contributed by atoms with Gasteiger partial charge in [0.15, 0.2) is 11.5 Å². The molecule has 4 aromatic rings. The van der Waals surface area contributed by atoms with Crippen LogP contribution in [0, 0.1) is 6.92 Å². The molecule has 4 aromatic carbocycles. The molecule has 0 aromatic heterocycles. The van der Waals surface area contributed by atoms with Gasteiger partial charge in [-0.15, -0.1) is 0 Å². The van der Waals surface area contributed by atoms with E-state index >= 15 is 0 Å². The largest absolute Gasteiger partial charge is 0.488 e. The van der Waals surface area contributed by atoms with Gasteiger partial charge in [0.1, 0.15) is 17.9 Å². The molecule has 0 radical (unpaired) electrons. The molecule has 1 saturated heterocycles. The number of carbonyl (C=O) groups excluding carboxylic acids is 3. The molecule has 2 aliphatic heterocycles. The quantitative estimate of drug-likeness (QED) is 0.298. The summed E-state index contributed by atoms with van der Waals surface area (Å²) in [4.78, 5) is 40.1. The Kier molecular flexibility index (Phi) is 5.76. The molecule has 6 rings (SSSR count). The van der Waals surface area contributed by atoms with Gasteiger partial charge in [0.05, 0.1) is 5.69 Å². The second kappa shape index (κ2) is 9.40. The molecule has 0 bridgehead atoms. The van der Waals surface area contributed by atoms with E-state index in [9.17, 15) is 14.4 Å². The normalized spacial score (nSPS) is 15.8. The fourth-order valence-electron chi connectivity index (χ4n) is 4.46. The smallest absolute Gasteiger partial charge is 0.335 e. The summed E-state index contributed by atoms with van der Waals surface area (Å²) in [6, 6.07) is 23.2. The molecule has 188 valence electrons. The first kappa shape index (κ1) is 23.3. The third-order valence-electron chi connectivity index (χ3n) is 6.45. The summed E-state index contributed by atoms with van der Waals surface area (Å²) in [6.45, 7) is 2.37. The Bertz CT molecular complexity index is 1640. The predicted octanol–water partition coefficient (Wildman–Crippen LogP) is 5.12. The molecule has 2 heterocycles. The Labute approximate surface area is 218 Å². The highest BCUT2D eigenvalue weighted by Gasteiger charge is 2.37. The van der Waals surface area contributed by atoms with E-state index in [-0.39, 0.29) is 18.1 Å². The van der Waals surface area contributed by atoms with E-state index < -0.39 is 17.8 Å². The summed E-state index contributed by atoms with van der Waals surface area (Å²) in [5.74, 6) is -0.115. The fraction of sp³-hybridized carbons (Fsp3) is 0.100. The van der Waals surface area contributed by atoms with Crippen LogP contribution in [0.15, 0.2) is 84.4 Å². The van der Waals surface area contributed by atoms with Crippen LogP contribution in [0.1, 0.15) is 16.7 Å². The van der Waals surface area contributed by atoms with Gasteiger partial charge in [-0.05, 0) is 47.5 Å². The summed E-state index contributed by atoms with van der Waals surface area (Å²) in [7, 11) is 0. The Balaban J connectivity index is 1.40. The molecule has 38 heavy (non-hydrogen) atoms. The lowest BCUT2D eigenvalue weighted by molar-refractivity contribution is -0.122. The number of hydrogen-bond donors (Lipinski definition) is 1. The molecule has 0 spiro atoms. The van der Waals surface area contributed by atoms with E-state index in [1.54, 1.807) is 12.1 Å². The number of aryl methyl sites for hydroxylation is 1. The Morgan fingerprint density at radius 3 is 2.55 bits per heavy atom. The first-order chi connectivity index (χ1) is 18.5. The Hall–Kier alpha value is -5.11. The summed E-state index contributed by atoms with van der Waals surface area (Å²) >= 11 is 0. The number of barbiturate groups is 1. The lowest BCUT2D eigenvalue weighted by Crippen LogP contribution is -2.54. The number of ether oxygens (including phenoxy) is 3. The van der Waals surface area contributed by atoms with Gasteiger partial charge < -0.3 is 14.2 Å². The maximum atomic E-state index is 13.6. The minimum Gasteiger partial charge on any atom is -0.488 e. The standard InChI is InChI=1S/C30H22N2O6/c1-18-6-8-19(9-7-18)16-36-25-12-10-20-4-2-3-5-22(20)23(25)15-24-28(33)31-30(35)32(29(24)34)21-11-13-26-27(14-21)38-17-37-26/h2-15H,16-17H2,1H3,(H,31,33,35)/b24-15+. The molecule has 0 unspecified atom stereocenters. The zero-order chi connectivity index (χ0) is 26.2. The highest BCUT2D eigenvalue weighted by atomic mass is 16.7. The molecule has 1 fully saturated rings. The van der Waals surface area contributed by atoms with Crippen LogP contribution in [0.25, 0.3) is 16.8 Å². The number of hydrogen-bond acceptors (Lipinski definition) is 6. The van der Waals surface area contributed by atoms with Gasteiger partial charge in [0.2, 0.25) is 6.79 Å². The Morgan fingerprint density at radius 2 is 1.71 bits per heavy atom. The molecule has 0 saturated carbocycles. The average molecular weight is 507 g/mol. The van der Waals surface area contributed by atoms with Crippen LogP contribution in [-0.2, 0) is 16.2 Å². The molecule has 1 N–H and O–H groups in total. The number of anilines is 1. The van der Waals surface area contributed by atoms with Crippen molar-refractivity contribution in [2.45, 2.75) is 13.5 Å². The molecule has 8 nitrogen and oxygen atoms in total. The summed E-state index contributed by atoms with van der Waals surface area (Å²) in [5, 5.41) is 3.98. The number of nitrogens with one attached hydrogen (secondary N) is 1. The first-order valence-electron chi connectivity index (χ1n) is 12.0. The molecular formula is C30H22N2O6. The molecule has 4 amide bonds. The number of fused-ring (bicyclic) bond motifs is 2. The van der Waals surface area contributed by atoms with Gasteiger partial charge in [0.25, 0.3) is 11.8 Å². The lowest BCUT2D eigenvalue weighted by Gasteiger charge is -2.26. The van der Waals surface area contributed by atoms with Crippen molar-refractivity contribution in [3.8, 4) is 17.2 Å². The third kappa shape index (κ3) is 4.22. The average Bonchev–Trinajstić information content (AvgIpc) is 3.39. The van der Waals surface area contributed by atoms with Crippen molar-refractivity contribution in [2.24, 2.45) is 0 Å². The number of benzene rings is 4. The van der Waals surface area contributed by atoms with E-state index in [1.165, 1.54) is 12.1 Å². The van der Waals surface area contributed by atoms with E-state index in [1.807, 2.05) is 67.6 Å². The van der Waals surface area contributed by atoms with Gasteiger partial charge in [-0.25, -0.2) is 9.69 Å². The number of imide groups is 2. The second-order valence-electron chi connectivity index (χ2n) is 8.97. The third-order valence-corrected chi connectivity index (χ3v) is 6.45. The van der Waals surface area contributed by atoms with E-state index in [0.717, 1.165) is 26.8 Å². The number of rotatable bonds is 5. The van der Waals surface area contributed by atoms with Gasteiger partial charge >= 0.3 is 6.03 Å². The minimum absolute atomic E-state index is 0.0506. The van der Waals surface area contributed by atoms with E-state index in [4.69, 9.17) is 14.2 Å². The summed E-state index contributed by atoms with van der Waals surface area (Å²) in [6.07, 6.45) is 1.48. The topological polar surface area (TPSA) is 94.2 Å². The maximum Gasteiger partial charge on any atom is 0.335 e. The van der Waals surface area contributed by atoms with Crippen LogP contribution in [0.2, 0.25) is 0 Å². The zero-order valence-electron chi connectivity index (χ0n) is 20.4. The van der Waals surface area contributed by atoms with Crippen molar-refractivity contribution in [3.05, 3.63) is 101 Å². The van der Waals surface area contributed by atoms with Crippen LogP contribution in [0.4, 0.5) is 10.5 Å². The number of nitrogens with zero attached hydrogens (tertiary/aromatic N) is 1. The van der Waals surface area contributed by atoms with Crippen molar-refractivity contribution in [3.63, 3.8) is 0 Å². The van der Waals surface area contributed by atoms with E-state index in [0.29, 0.717) is 29.4 Å². The molecular weight excluding hydrogens is 484 g/mol. The van der Waals surface area contributed by atoms with Crippen LogP contribution in [0.3, 0.4) is 0 Å². The van der Waals surface area contributed by atoms with Gasteiger partial charge in [-0.3, -0.25) is 14.9 Å². The van der Waals surface area contributed by atoms with Crippen molar-refractivity contribution in [2.75, 3.05) is 11.7 Å². The van der Waals surface area contributed by atoms with Crippen LogP contribution >= 0.6 is 0 Å². The van der Waals surface area contributed by atoms with Gasteiger partial charge in [-0.2, -0.15) is 0 Å². The molecule has 2 aliphatic rings. The molecule has 8 heteroatoms. The predicted molar refractivity (Wildman–Crippen MR) is 141 cm³/mol. The minimum atomic E-state index is -0.843. The van der Waals surface area contributed by atoms with Crippen molar-refractivity contribution in [1.82, 2.24) is 5.32 Å². The van der Waals surface area contributed by atoms with Crippen LogP contribution < -0.4 is 24.4 Å². The fourth-order valence-corrected chi connectivity index (χ4v) is 4.46. The SMILES string of the molecule is Cc1ccc(COc2ccc3ccccc3c2/C=C2\C(=O)NC(=O)N(c3ccc4c(c3)OCO4)C2=O)cc1. The number of carbonyl (C=O) groups is 3. The lowest BCUT2D eigenvalue weighted by atomic mass is 9.99. The van der Waals surface area contributed by atoms with Gasteiger partial charge in [0, 0.05) is 11.6 Å². The van der Waals surface area contributed by atoms with Gasteiger partial charge in [-0.1, -0.05) is 60.2 Å². The van der Waals surface area contributed by atoms with Crippen molar-refractivity contribution in [1.29, 1.82) is 0 Å². The second-order valence-corrected chi connectivity index (χ2v) is 8.97. The summed E-state index contributed by atoms with van der Waals surface area (Å²) in [5.41, 5.74) is 2.75. The molecule has 0 atom stereocenters. The zero-order valence-corrected chi connectivity index (χ0v) is 20.4. The highest BCUT2D eigenvalue weighted by Crippen LogP contribution is 2.37. The van der Waals surface area contributed by atoms with Crippen molar-refractivity contribution >= 4 is 40.4 Å². The van der Waals surface area contributed by atoms with E-state index in [2.05, 4.69) is 5.32 Å². The molecule has 0 aliphatic carbocycles. The Morgan fingerprint density at radius 1 is 0.921 bits per heavy atom. The highest BCUT2D eigenvalue weighted by molar-refractivity contribution is 6.39. The van der Waals surface area contributed by atoms with Crippen LogP contribution in [-0.4, -0.2) is 24.6 Å². The van der Waals surface area contributed by atoms with Crippen molar-refractivity contribution < 1.29 is 28.6 Å². The maximum absolute atomic E-state index is 13.6. The monoisotopic (exact) mass is 506 g/mol. The van der Waals surface area contributed by atoms with Crippen LogP contribution in [0.5, 0.6) is 17.2 Å².